The van der Waals surface area contributed by atoms with E-state index < -0.39 is 112 Å². The molecule has 34 heavy (non-hydrogen) atoms. The molecule has 0 amide bonds. The van der Waals surface area contributed by atoms with Crippen molar-refractivity contribution in [2.24, 2.45) is 0 Å². The van der Waals surface area contributed by atoms with Crippen molar-refractivity contribution < 1.29 is 79.1 Å². The van der Waals surface area contributed by atoms with Gasteiger partial charge in [0, 0.05) is 0 Å². The fourth-order valence-electron chi connectivity index (χ4n) is 4.08. The van der Waals surface area contributed by atoms with Gasteiger partial charge in [-0.05, 0) is 0 Å². The first-order chi connectivity index (χ1) is 16.0. The normalized spacial score (nSPS) is 47.7. The zero-order valence-corrected chi connectivity index (χ0v) is 17.7. The summed E-state index contributed by atoms with van der Waals surface area (Å²) in [5.74, 6) is 0. The van der Waals surface area contributed by atoms with E-state index in [1.54, 1.807) is 0 Å². The van der Waals surface area contributed by atoms with Gasteiger partial charge in [0.1, 0.15) is 79.9 Å². The molecule has 3 rings (SSSR count). The number of rotatable bonds is 10. The van der Waals surface area contributed by atoms with Crippen LogP contribution in [0.1, 0.15) is 0 Å². The Kier molecular flexibility index (Phi) is 9.51. The first kappa shape index (κ1) is 27.9. The summed E-state index contributed by atoms with van der Waals surface area (Å²) >= 11 is 0. The van der Waals surface area contributed by atoms with Crippen molar-refractivity contribution in [2.75, 3.05) is 19.9 Å². The van der Waals surface area contributed by atoms with Crippen LogP contribution < -0.4 is 0 Å². The van der Waals surface area contributed by atoms with Crippen molar-refractivity contribution in [2.45, 2.75) is 92.1 Å². The number of halogens is 1. The van der Waals surface area contributed by atoms with E-state index in [4.69, 9.17) is 28.8 Å². The second-order valence-electron chi connectivity index (χ2n) is 8.31. The van der Waals surface area contributed by atoms with Crippen LogP contribution >= 0.6 is 0 Å². The Morgan fingerprint density at radius 1 is 0.618 bits per heavy atom. The predicted octanol–water partition coefficient (Wildman–Crippen LogP) is -6.60. The molecule has 16 heteroatoms. The fraction of sp³-hybridized carbons (Fsp3) is 1.00. The summed E-state index contributed by atoms with van der Waals surface area (Å²) in [6.07, 6.45) is -25.1. The molecule has 0 aromatic rings. The molecule has 3 fully saturated rings. The average Bonchev–Trinajstić information content (AvgIpc) is 3.40. The molecular formula is C18H31FO15. The molecule has 0 spiro atoms. The van der Waals surface area contributed by atoms with Gasteiger partial charge in [-0.15, -0.1) is 0 Å². The first-order valence-corrected chi connectivity index (χ1v) is 10.5. The highest BCUT2D eigenvalue weighted by Gasteiger charge is 2.56. The van der Waals surface area contributed by atoms with E-state index >= 15 is 0 Å². The second-order valence-corrected chi connectivity index (χ2v) is 8.31. The Morgan fingerprint density at radius 2 is 1.09 bits per heavy atom. The lowest BCUT2D eigenvalue weighted by Crippen LogP contribution is -2.47. The van der Waals surface area contributed by atoms with E-state index in [9.17, 15) is 50.3 Å². The molecule has 15 atom stereocenters. The quantitative estimate of drug-likeness (QED) is 0.132. The van der Waals surface area contributed by atoms with E-state index in [1.807, 2.05) is 0 Å². The van der Waals surface area contributed by atoms with Gasteiger partial charge >= 0.3 is 0 Å². The van der Waals surface area contributed by atoms with Crippen LogP contribution in [0.2, 0.25) is 0 Å². The maximum Gasteiger partial charge on any atom is 0.187 e. The third-order valence-electron chi connectivity index (χ3n) is 5.99. The highest BCUT2D eigenvalue weighted by Crippen LogP contribution is 2.35. The Hall–Kier alpha value is -0.670. The lowest BCUT2D eigenvalue weighted by atomic mass is 10.0. The molecular weight excluding hydrogens is 475 g/mol. The van der Waals surface area contributed by atoms with Crippen LogP contribution in [0, 0.1) is 0 Å². The van der Waals surface area contributed by atoms with Gasteiger partial charge in [-0.3, -0.25) is 0 Å². The van der Waals surface area contributed by atoms with Gasteiger partial charge < -0.3 is 74.7 Å². The molecule has 10 N–H and O–H groups in total. The molecule has 3 aliphatic heterocycles. The van der Waals surface area contributed by atoms with E-state index in [0.717, 1.165) is 0 Å². The SMILES string of the molecule is OC[C@H](O)[C@@H]1O[C@@H](O[C@H]2[C@H](O[C@H]3[C@H](O)[C@@H]([C@@H](O)CF)O[C@@H]3O)O[C@@H]([C@@H](O)CO)[C@@H]2O)[C@H](O)[C@H]1O. The summed E-state index contributed by atoms with van der Waals surface area (Å²) in [6.45, 7) is -2.96. The van der Waals surface area contributed by atoms with Crippen LogP contribution in [0.25, 0.3) is 0 Å². The number of ether oxygens (including phenoxy) is 5. The molecule has 3 heterocycles. The zero-order chi connectivity index (χ0) is 25.3. The average molecular weight is 506 g/mol. The maximum absolute atomic E-state index is 12.8. The van der Waals surface area contributed by atoms with Crippen molar-refractivity contribution in [3.63, 3.8) is 0 Å². The third-order valence-corrected chi connectivity index (χ3v) is 5.99. The summed E-state index contributed by atoms with van der Waals surface area (Å²) in [5, 5.41) is 98.8. The molecule has 0 saturated carbocycles. The van der Waals surface area contributed by atoms with Gasteiger partial charge in [-0.1, -0.05) is 0 Å². The monoisotopic (exact) mass is 506 g/mol. The van der Waals surface area contributed by atoms with Gasteiger partial charge in [0.25, 0.3) is 0 Å². The number of aliphatic hydroxyl groups is 10. The molecule has 0 bridgehead atoms. The predicted molar refractivity (Wildman–Crippen MR) is 100 cm³/mol. The second kappa shape index (κ2) is 11.6. The molecule has 3 aliphatic rings. The van der Waals surface area contributed by atoms with E-state index in [2.05, 4.69) is 0 Å². The summed E-state index contributed by atoms with van der Waals surface area (Å²) in [7, 11) is 0. The summed E-state index contributed by atoms with van der Waals surface area (Å²) < 4.78 is 39.2. The summed E-state index contributed by atoms with van der Waals surface area (Å²) in [4.78, 5) is 0. The summed E-state index contributed by atoms with van der Waals surface area (Å²) in [5.41, 5.74) is 0. The number of hydrogen-bond acceptors (Lipinski definition) is 15. The third kappa shape index (κ3) is 5.36. The van der Waals surface area contributed by atoms with Crippen LogP contribution in [0.15, 0.2) is 0 Å². The van der Waals surface area contributed by atoms with E-state index in [-0.39, 0.29) is 0 Å². The Morgan fingerprint density at radius 3 is 1.65 bits per heavy atom. The number of alkyl halides is 1. The van der Waals surface area contributed by atoms with E-state index in [0.29, 0.717) is 0 Å². The minimum absolute atomic E-state index is 0.809. The van der Waals surface area contributed by atoms with Gasteiger partial charge in [0.2, 0.25) is 0 Å². The van der Waals surface area contributed by atoms with Crippen molar-refractivity contribution in [3.8, 4) is 0 Å². The molecule has 0 aliphatic carbocycles. The number of aliphatic hydroxyl groups excluding tert-OH is 10. The maximum atomic E-state index is 12.8. The lowest BCUT2D eigenvalue weighted by Gasteiger charge is -2.29. The highest BCUT2D eigenvalue weighted by molar-refractivity contribution is 4.97. The lowest BCUT2D eigenvalue weighted by molar-refractivity contribution is -0.275. The van der Waals surface area contributed by atoms with Crippen molar-refractivity contribution in [3.05, 3.63) is 0 Å². The van der Waals surface area contributed by atoms with Crippen LogP contribution in [0.5, 0.6) is 0 Å². The topological polar surface area (TPSA) is 248 Å². The molecule has 3 saturated heterocycles. The first-order valence-electron chi connectivity index (χ1n) is 10.5. The van der Waals surface area contributed by atoms with Crippen molar-refractivity contribution in [1.29, 1.82) is 0 Å². The fourth-order valence-corrected chi connectivity index (χ4v) is 4.08. The minimum Gasteiger partial charge on any atom is -0.394 e. The van der Waals surface area contributed by atoms with Crippen LogP contribution in [-0.4, -0.2) is 163 Å². The van der Waals surface area contributed by atoms with Crippen molar-refractivity contribution >= 4 is 0 Å². The molecule has 200 valence electrons. The van der Waals surface area contributed by atoms with E-state index in [1.165, 1.54) is 0 Å². The number of hydrogen-bond donors (Lipinski definition) is 10. The molecule has 0 aromatic heterocycles. The Labute approximate surface area is 192 Å². The minimum atomic E-state index is -1.87. The van der Waals surface area contributed by atoms with Gasteiger partial charge in [0.05, 0.1) is 13.2 Å². The molecule has 0 aromatic carbocycles. The zero-order valence-electron chi connectivity index (χ0n) is 17.7. The molecule has 0 radical (unpaired) electrons. The van der Waals surface area contributed by atoms with Gasteiger partial charge in [0.15, 0.2) is 18.9 Å². The Balaban J connectivity index is 1.77. The molecule has 15 nitrogen and oxygen atoms in total. The standard InChI is InChI=1S/C18H31FO15/c19-1-4(22)11-9(27)14(16(29)30-11)33-18-15(10(28)13(32-18)6(24)3-21)34-17-8(26)7(25)12(31-17)5(23)2-20/h4-18,20-29H,1-3H2/t4-,5-,6-,7+,8+,9+,10-,11+,12-,13-,14-,15+,16-,17-,18-/m0/s1. The smallest absolute Gasteiger partial charge is 0.187 e. The highest BCUT2D eigenvalue weighted by atomic mass is 19.1. The van der Waals surface area contributed by atoms with Crippen LogP contribution in [-0.2, 0) is 23.7 Å². The Bertz CT molecular complexity index is 646. The molecule has 0 unspecified atom stereocenters. The summed E-state index contributed by atoms with van der Waals surface area (Å²) in [6, 6.07) is 0. The van der Waals surface area contributed by atoms with Crippen molar-refractivity contribution in [1.82, 2.24) is 0 Å². The van der Waals surface area contributed by atoms with Crippen LogP contribution in [0.3, 0.4) is 0 Å². The largest absolute Gasteiger partial charge is 0.394 e. The van der Waals surface area contributed by atoms with Gasteiger partial charge in [-0.2, -0.15) is 0 Å². The van der Waals surface area contributed by atoms with Crippen LogP contribution in [0.4, 0.5) is 4.39 Å². The van der Waals surface area contributed by atoms with Gasteiger partial charge in [-0.25, -0.2) is 4.39 Å².